The van der Waals surface area contributed by atoms with Gasteiger partial charge in [-0.15, -0.1) is 0 Å². The summed E-state index contributed by atoms with van der Waals surface area (Å²) in [4.78, 5) is 34.4. The Morgan fingerprint density at radius 1 is 0.957 bits per heavy atom. The van der Waals surface area contributed by atoms with Gasteiger partial charge in [-0.3, -0.25) is 9.69 Å². The highest BCUT2D eigenvalue weighted by molar-refractivity contribution is 5.85. The summed E-state index contributed by atoms with van der Waals surface area (Å²) in [7, 11) is 1.55. The van der Waals surface area contributed by atoms with Crippen molar-refractivity contribution in [2.45, 2.75) is 25.3 Å². The molecule has 1 atom stereocenters. The van der Waals surface area contributed by atoms with Crippen LogP contribution in [-0.2, 0) is 24.1 Å². The summed E-state index contributed by atoms with van der Waals surface area (Å²) in [5.41, 5.74) is 3.69. The van der Waals surface area contributed by atoms with Crippen LogP contribution in [0.2, 0.25) is 0 Å². The molecule has 6 aromatic rings. The van der Waals surface area contributed by atoms with Gasteiger partial charge in [0.25, 0.3) is 0 Å². The van der Waals surface area contributed by atoms with E-state index >= 15 is 0 Å². The Morgan fingerprint density at radius 2 is 1.70 bits per heavy atom. The summed E-state index contributed by atoms with van der Waals surface area (Å²) in [5, 5.41) is 0.922. The second kappa shape index (κ2) is 11.9. The van der Waals surface area contributed by atoms with Crippen molar-refractivity contribution in [1.29, 1.82) is 0 Å². The summed E-state index contributed by atoms with van der Waals surface area (Å²) in [5.74, 6) is -0.621. The van der Waals surface area contributed by atoms with Gasteiger partial charge in [-0.1, -0.05) is 60.7 Å². The van der Waals surface area contributed by atoms with Gasteiger partial charge in [-0.25, -0.2) is 15.0 Å². The third-order valence-corrected chi connectivity index (χ3v) is 8.32. The lowest BCUT2D eigenvalue weighted by molar-refractivity contribution is -0.148. The number of carbonyl (C=O) groups is 1. The van der Waals surface area contributed by atoms with Gasteiger partial charge in [0, 0.05) is 31.6 Å². The monoisotopic (exact) mass is 625 g/mol. The van der Waals surface area contributed by atoms with E-state index in [0.29, 0.717) is 49.1 Å². The maximum absolute atomic E-state index is 14.1. The topological polar surface area (TPSA) is 92.2 Å². The van der Waals surface area contributed by atoms with E-state index in [4.69, 9.17) is 9.72 Å². The van der Waals surface area contributed by atoms with Crippen molar-refractivity contribution >= 4 is 27.8 Å². The number of H-pyrrole nitrogens is 1. The number of aromatic nitrogens is 5. The number of ether oxygens (including phenoxy) is 1. The molecule has 46 heavy (non-hydrogen) atoms. The molecule has 1 fully saturated rings. The summed E-state index contributed by atoms with van der Waals surface area (Å²) in [6, 6.07) is 25.4. The predicted molar refractivity (Wildman–Crippen MR) is 167 cm³/mol. The van der Waals surface area contributed by atoms with Crippen molar-refractivity contribution in [2.24, 2.45) is 0 Å². The first-order valence-electron chi connectivity index (χ1n) is 14.9. The Hall–Kier alpha value is -5.23. The third kappa shape index (κ3) is 5.67. The zero-order valence-corrected chi connectivity index (χ0v) is 24.9. The number of methoxy groups -OCH3 is 1. The highest BCUT2D eigenvalue weighted by Crippen LogP contribution is 2.34. The molecule has 1 N–H and O–H groups in total. The Kier molecular flexibility index (Phi) is 7.65. The number of halogens is 3. The van der Waals surface area contributed by atoms with E-state index < -0.39 is 30.5 Å². The number of nitrogens with zero attached hydrogens (tertiary/aromatic N) is 6. The van der Waals surface area contributed by atoms with Gasteiger partial charge in [-0.2, -0.15) is 13.2 Å². The minimum Gasteiger partial charge on any atom is -0.480 e. The fourth-order valence-corrected chi connectivity index (χ4v) is 6.12. The maximum Gasteiger partial charge on any atom is 0.449 e. The summed E-state index contributed by atoms with van der Waals surface area (Å²) in [6.45, 7) is 1.42. The molecule has 1 amide bonds. The quantitative estimate of drug-likeness (QED) is 0.231. The van der Waals surface area contributed by atoms with E-state index in [-0.39, 0.29) is 11.0 Å². The average Bonchev–Trinajstić information content (AvgIpc) is 3.70. The Labute approximate surface area is 262 Å². The number of aromatic amines is 1. The molecule has 1 unspecified atom stereocenters. The highest BCUT2D eigenvalue weighted by atomic mass is 19.4. The second-order valence-corrected chi connectivity index (χ2v) is 11.3. The number of benzene rings is 3. The number of alkyl halides is 3. The first-order valence-corrected chi connectivity index (χ1v) is 14.9. The molecule has 4 heterocycles. The second-order valence-electron chi connectivity index (χ2n) is 11.3. The number of pyridine rings is 1. The predicted octanol–water partition coefficient (Wildman–Crippen LogP) is 6.09. The van der Waals surface area contributed by atoms with Crippen LogP contribution in [0.1, 0.15) is 23.3 Å². The smallest absolute Gasteiger partial charge is 0.449 e. The fraction of sp³-hybridized carbons (Fsp3) is 0.235. The van der Waals surface area contributed by atoms with Crippen LogP contribution >= 0.6 is 0 Å². The minimum atomic E-state index is -4.73. The summed E-state index contributed by atoms with van der Waals surface area (Å²) < 4.78 is 48.7. The number of amides is 1. The van der Waals surface area contributed by atoms with E-state index in [0.717, 1.165) is 21.0 Å². The summed E-state index contributed by atoms with van der Waals surface area (Å²) in [6.07, 6.45) is -3.05. The number of hydrogen-bond acceptors (Lipinski definition) is 6. The molecule has 3 aromatic heterocycles. The molecule has 9 nitrogen and oxygen atoms in total. The number of carbonyl (C=O) groups excluding carboxylic acids is 1. The van der Waals surface area contributed by atoms with Gasteiger partial charge in [0.1, 0.15) is 18.4 Å². The Morgan fingerprint density at radius 3 is 2.48 bits per heavy atom. The van der Waals surface area contributed by atoms with Crippen molar-refractivity contribution in [1.82, 2.24) is 34.3 Å². The van der Waals surface area contributed by atoms with Crippen molar-refractivity contribution in [2.75, 3.05) is 26.7 Å². The number of imidazole rings is 2. The summed E-state index contributed by atoms with van der Waals surface area (Å²) >= 11 is 0. The lowest BCUT2D eigenvalue weighted by atomic mass is 10.1. The highest BCUT2D eigenvalue weighted by Gasteiger charge is 2.40. The molecule has 0 bridgehead atoms. The van der Waals surface area contributed by atoms with Crippen molar-refractivity contribution in [3.63, 3.8) is 0 Å². The molecule has 1 aliphatic rings. The Bertz CT molecular complexity index is 2020. The van der Waals surface area contributed by atoms with Crippen LogP contribution in [0.25, 0.3) is 33.2 Å². The number of nitrogens with one attached hydrogen (secondary N) is 1. The standard InChI is InChI=1S/C34H30F3N7O2/c1-46-32-24(17-23-11-5-6-12-25(23)40-32)27-18-38-31(39-27)29-20-42(19-22-9-3-2-4-10-22)15-16-43(29)30(45)21-44-28-14-8-7-13-26(28)41-33(44)34(35,36)37/h2-14,17-18,29H,15-16,19-21H2,1H3,(H,38,39). The number of hydrogen-bond donors (Lipinski definition) is 1. The van der Waals surface area contributed by atoms with Crippen LogP contribution in [0.4, 0.5) is 13.2 Å². The normalized spacial score (nSPS) is 15.9. The van der Waals surface area contributed by atoms with Gasteiger partial charge >= 0.3 is 6.18 Å². The SMILES string of the molecule is COc1nc2ccccc2cc1-c1cnc(C2CN(Cc3ccccc3)CCN2C(=O)Cn2c(C(F)(F)F)nc3ccccc32)[nH]1. The molecule has 12 heteroatoms. The lowest BCUT2D eigenvalue weighted by Gasteiger charge is -2.40. The van der Waals surface area contributed by atoms with Crippen molar-refractivity contribution in [3.05, 3.63) is 108 Å². The van der Waals surface area contributed by atoms with Crippen LogP contribution in [0, 0.1) is 0 Å². The van der Waals surface area contributed by atoms with Crippen LogP contribution in [0.3, 0.4) is 0 Å². The van der Waals surface area contributed by atoms with Crippen LogP contribution in [-0.4, -0.2) is 67.0 Å². The van der Waals surface area contributed by atoms with Gasteiger partial charge in [0.15, 0.2) is 0 Å². The zero-order chi connectivity index (χ0) is 31.8. The van der Waals surface area contributed by atoms with E-state index in [9.17, 15) is 18.0 Å². The average molecular weight is 626 g/mol. The van der Waals surface area contributed by atoms with E-state index in [1.54, 1.807) is 36.4 Å². The van der Waals surface area contributed by atoms with Crippen molar-refractivity contribution < 1.29 is 22.7 Å². The minimum absolute atomic E-state index is 0.181. The fourth-order valence-electron chi connectivity index (χ4n) is 6.12. The number of piperazine rings is 1. The largest absolute Gasteiger partial charge is 0.480 e. The molecule has 3 aromatic carbocycles. The maximum atomic E-state index is 14.1. The molecule has 1 saturated heterocycles. The van der Waals surface area contributed by atoms with E-state index in [1.165, 1.54) is 6.07 Å². The van der Waals surface area contributed by atoms with Gasteiger partial charge < -0.3 is 19.2 Å². The van der Waals surface area contributed by atoms with Gasteiger partial charge in [0.2, 0.25) is 17.6 Å². The van der Waals surface area contributed by atoms with Crippen LogP contribution in [0.5, 0.6) is 5.88 Å². The molecule has 234 valence electrons. The molecule has 0 spiro atoms. The Balaban J connectivity index is 1.24. The number of fused-ring (bicyclic) bond motifs is 2. The molecular weight excluding hydrogens is 595 g/mol. The van der Waals surface area contributed by atoms with Gasteiger partial charge in [0.05, 0.1) is 41.1 Å². The first-order chi connectivity index (χ1) is 22.3. The zero-order valence-electron chi connectivity index (χ0n) is 24.9. The van der Waals surface area contributed by atoms with Crippen LogP contribution in [0.15, 0.2) is 91.1 Å². The molecule has 7 rings (SSSR count). The van der Waals surface area contributed by atoms with E-state index in [1.807, 2.05) is 60.7 Å². The first kappa shape index (κ1) is 29.5. The third-order valence-electron chi connectivity index (χ3n) is 8.32. The molecule has 1 aliphatic heterocycles. The lowest BCUT2D eigenvalue weighted by Crippen LogP contribution is -2.51. The molecule has 0 radical (unpaired) electrons. The molecule has 0 saturated carbocycles. The number of para-hydroxylation sites is 3. The molecule has 0 aliphatic carbocycles. The number of rotatable bonds is 7. The van der Waals surface area contributed by atoms with Gasteiger partial charge in [-0.05, 0) is 29.8 Å². The van der Waals surface area contributed by atoms with Crippen LogP contribution < -0.4 is 4.74 Å². The van der Waals surface area contributed by atoms with E-state index in [2.05, 4.69) is 19.9 Å². The molecular formula is C34H30F3N7O2. The van der Waals surface area contributed by atoms with Crippen molar-refractivity contribution in [3.8, 4) is 17.1 Å².